The zero-order valence-corrected chi connectivity index (χ0v) is 21.7. The molecule has 0 aliphatic heterocycles. The highest BCUT2D eigenvalue weighted by Gasteiger charge is 2.20. The van der Waals surface area contributed by atoms with Crippen molar-refractivity contribution in [2.45, 2.75) is 51.3 Å². The lowest BCUT2D eigenvalue weighted by atomic mass is 9.93. The lowest BCUT2D eigenvalue weighted by Crippen LogP contribution is -2.43. The van der Waals surface area contributed by atoms with Crippen molar-refractivity contribution in [2.24, 2.45) is 0 Å². The van der Waals surface area contributed by atoms with Crippen LogP contribution in [0.3, 0.4) is 0 Å². The van der Waals surface area contributed by atoms with Crippen molar-refractivity contribution < 1.29 is 15.0 Å². The summed E-state index contributed by atoms with van der Waals surface area (Å²) in [7, 11) is 0. The second-order valence-corrected chi connectivity index (χ2v) is 10.4. The number of fused-ring (bicyclic) bond motifs is 1. The van der Waals surface area contributed by atoms with E-state index in [0.29, 0.717) is 13.0 Å². The number of aliphatic hydroxyl groups excluding tert-OH is 1. The minimum absolute atomic E-state index is 0.00742. The average Bonchev–Trinajstić information content (AvgIpc) is 2.87. The highest BCUT2D eigenvalue weighted by Crippen LogP contribution is 2.24. The molecule has 2 unspecified atom stereocenters. The van der Waals surface area contributed by atoms with Gasteiger partial charge in [-0.25, -0.2) is 0 Å². The van der Waals surface area contributed by atoms with Crippen molar-refractivity contribution in [2.75, 3.05) is 6.54 Å². The number of carbonyl (C=O) groups excluding carboxylic acids is 1. The molecule has 192 valence electrons. The molecule has 4 aromatic carbocycles. The second kappa shape index (κ2) is 11.6. The van der Waals surface area contributed by atoms with Gasteiger partial charge in [-0.05, 0) is 72.4 Å². The maximum atomic E-state index is 12.9. The SMILES string of the molecule is CC(NC(=O)Cc1cccc(CC(C)(C)NCC(O)c2ccc(O)cc2)c1)c1cccc2ccccc12. The Morgan fingerprint density at radius 2 is 1.57 bits per heavy atom. The number of aromatic hydroxyl groups is 1. The van der Waals surface area contributed by atoms with Crippen LogP contribution in [0.4, 0.5) is 0 Å². The van der Waals surface area contributed by atoms with E-state index in [2.05, 4.69) is 60.9 Å². The normalized spacial score (nSPS) is 13.3. The molecule has 0 saturated heterocycles. The molecule has 2 atom stereocenters. The molecular weight excluding hydrogens is 460 g/mol. The Morgan fingerprint density at radius 1 is 0.892 bits per heavy atom. The topological polar surface area (TPSA) is 81.6 Å². The largest absolute Gasteiger partial charge is 0.508 e. The van der Waals surface area contributed by atoms with Crippen LogP contribution in [0.2, 0.25) is 0 Å². The van der Waals surface area contributed by atoms with Gasteiger partial charge >= 0.3 is 0 Å². The van der Waals surface area contributed by atoms with Gasteiger partial charge in [0.05, 0.1) is 18.6 Å². The number of rotatable bonds is 10. The maximum absolute atomic E-state index is 12.9. The van der Waals surface area contributed by atoms with Gasteiger partial charge in [-0.1, -0.05) is 78.9 Å². The van der Waals surface area contributed by atoms with Crippen LogP contribution in [-0.2, 0) is 17.6 Å². The lowest BCUT2D eigenvalue weighted by Gasteiger charge is -2.28. The van der Waals surface area contributed by atoms with Gasteiger partial charge in [-0.3, -0.25) is 4.79 Å². The minimum atomic E-state index is -0.668. The molecule has 0 aliphatic rings. The van der Waals surface area contributed by atoms with E-state index in [1.165, 1.54) is 5.39 Å². The molecule has 5 nitrogen and oxygen atoms in total. The molecule has 37 heavy (non-hydrogen) atoms. The van der Waals surface area contributed by atoms with E-state index in [1.807, 2.05) is 37.3 Å². The zero-order chi connectivity index (χ0) is 26.4. The van der Waals surface area contributed by atoms with E-state index in [-0.39, 0.29) is 23.2 Å². The monoisotopic (exact) mass is 496 g/mol. The van der Waals surface area contributed by atoms with E-state index in [9.17, 15) is 15.0 Å². The summed E-state index contributed by atoms with van der Waals surface area (Å²) in [5.74, 6) is 0.174. The first-order valence-corrected chi connectivity index (χ1v) is 12.8. The van der Waals surface area contributed by atoms with Crippen molar-refractivity contribution in [1.29, 1.82) is 0 Å². The van der Waals surface area contributed by atoms with Crippen LogP contribution in [0.5, 0.6) is 5.75 Å². The fourth-order valence-electron chi connectivity index (χ4n) is 4.79. The lowest BCUT2D eigenvalue weighted by molar-refractivity contribution is -0.121. The van der Waals surface area contributed by atoms with E-state index in [1.54, 1.807) is 24.3 Å². The minimum Gasteiger partial charge on any atom is -0.508 e. The Morgan fingerprint density at radius 3 is 2.35 bits per heavy atom. The number of β-amino-alcohol motifs (C(OH)–C–C–N with tert-alkyl or cyclic N) is 1. The molecule has 0 aliphatic carbocycles. The van der Waals surface area contributed by atoms with Gasteiger partial charge in [0.25, 0.3) is 0 Å². The van der Waals surface area contributed by atoms with E-state index < -0.39 is 6.10 Å². The molecule has 4 aromatic rings. The van der Waals surface area contributed by atoms with Crippen molar-refractivity contribution >= 4 is 16.7 Å². The predicted octanol–water partition coefficient (Wildman–Crippen LogP) is 5.61. The van der Waals surface area contributed by atoms with Crippen molar-refractivity contribution in [3.05, 3.63) is 113 Å². The maximum Gasteiger partial charge on any atom is 0.224 e. The molecule has 0 bridgehead atoms. The van der Waals surface area contributed by atoms with E-state index in [4.69, 9.17) is 0 Å². The van der Waals surface area contributed by atoms with Crippen LogP contribution in [0.25, 0.3) is 10.8 Å². The van der Waals surface area contributed by atoms with Gasteiger partial charge < -0.3 is 20.8 Å². The first kappa shape index (κ1) is 26.4. The number of amides is 1. The smallest absolute Gasteiger partial charge is 0.224 e. The second-order valence-electron chi connectivity index (χ2n) is 10.4. The molecule has 0 saturated carbocycles. The highest BCUT2D eigenvalue weighted by molar-refractivity contribution is 5.87. The van der Waals surface area contributed by atoms with Crippen molar-refractivity contribution in [1.82, 2.24) is 10.6 Å². The number of nitrogens with one attached hydrogen (secondary N) is 2. The Bertz CT molecular complexity index is 1340. The van der Waals surface area contributed by atoms with E-state index in [0.717, 1.165) is 34.1 Å². The molecule has 0 spiro atoms. The summed E-state index contributed by atoms with van der Waals surface area (Å²) < 4.78 is 0. The molecule has 0 heterocycles. The zero-order valence-electron chi connectivity index (χ0n) is 21.7. The van der Waals surface area contributed by atoms with Gasteiger partial charge in [0.2, 0.25) is 5.91 Å². The number of carbonyl (C=O) groups is 1. The first-order valence-electron chi connectivity index (χ1n) is 12.8. The molecule has 0 aromatic heterocycles. The molecule has 0 radical (unpaired) electrons. The molecule has 5 heteroatoms. The Kier molecular flexibility index (Phi) is 8.27. The third kappa shape index (κ3) is 7.19. The van der Waals surface area contributed by atoms with Gasteiger partial charge in [-0.2, -0.15) is 0 Å². The van der Waals surface area contributed by atoms with Crippen LogP contribution in [0.15, 0.2) is 91.0 Å². The summed E-state index contributed by atoms with van der Waals surface area (Å²) in [6.45, 7) is 6.62. The van der Waals surface area contributed by atoms with Crippen LogP contribution < -0.4 is 10.6 Å². The number of benzene rings is 4. The van der Waals surface area contributed by atoms with E-state index >= 15 is 0 Å². The van der Waals surface area contributed by atoms with Gasteiger partial charge in [0.1, 0.15) is 5.75 Å². The Labute approximate surface area is 219 Å². The molecule has 1 amide bonds. The summed E-state index contributed by atoms with van der Waals surface area (Å²) in [6.07, 6.45) is 0.395. The van der Waals surface area contributed by atoms with Crippen LogP contribution in [0, 0.1) is 0 Å². The van der Waals surface area contributed by atoms with Gasteiger partial charge in [0.15, 0.2) is 0 Å². The Hall–Kier alpha value is -3.67. The van der Waals surface area contributed by atoms with Crippen LogP contribution in [0.1, 0.15) is 55.2 Å². The standard InChI is InChI=1S/C32H36N2O3/c1-22(28-13-7-11-25-10-4-5-12-29(25)28)34-31(37)19-23-8-6-9-24(18-23)20-32(2,3)33-21-30(36)26-14-16-27(35)17-15-26/h4-18,22,30,33,35-36H,19-21H2,1-3H3,(H,34,37). The molecule has 4 rings (SSSR count). The summed E-state index contributed by atoms with van der Waals surface area (Å²) in [5.41, 5.74) is 3.71. The first-order chi connectivity index (χ1) is 17.7. The number of phenols is 1. The summed E-state index contributed by atoms with van der Waals surface area (Å²) in [6, 6.07) is 29.1. The van der Waals surface area contributed by atoms with Crippen LogP contribution in [-0.4, -0.2) is 28.2 Å². The number of hydrogen-bond acceptors (Lipinski definition) is 4. The van der Waals surface area contributed by atoms with Gasteiger partial charge in [0, 0.05) is 12.1 Å². The molecule has 4 N–H and O–H groups in total. The number of phenolic OH excluding ortho intramolecular Hbond substituents is 1. The van der Waals surface area contributed by atoms with Crippen LogP contribution >= 0.6 is 0 Å². The molecular formula is C32H36N2O3. The molecule has 0 fully saturated rings. The quantitative estimate of drug-likeness (QED) is 0.230. The van der Waals surface area contributed by atoms with Crippen molar-refractivity contribution in [3.8, 4) is 5.75 Å². The predicted molar refractivity (Wildman–Crippen MR) is 150 cm³/mol. The third-order valence-electron chi connectivity index (χ3n) is 6.72. The third-order valence-corrected chi connectivity index (χ3v) is 6.72. The highest BCUT2D eigenvalue weighted by atomic mass is 16.3. The average molecular weight is 497 g/mol. The van der Waals surface area contributed by atoms with Crippen molar-refractivity contribution in [3.63, 3.8) is 0 Å². The number of hydrogen-bond donors (Lipinski definition) is 4. The van der Waals surface area contributed by atoms with Gasteiger partial charge in [-0.15, -0.1) is 0 Å². The summed E-state index contributed by atoms with van der Waals surface area (Å²) in [4.78, 5) is 12.9. The Balaban J connectivity index is 1.33. The fraction of sp³-hybridized carbons (Fsp3) is 0.281. The fourth-order valence-corrected chi connectivity index (χ4v) is 4.79. The summed E-state index contributed by atoms with van der Waals surface area (Å²) in [5, 5.41) is 28.9. The number of aliphatic hydroxyl groups is 1. The summed E-state index contributed by atoms with van der Waals surface area (Å²) >= 11 is 0.